The van der Waals surface area contributed by atoms with Gasteiger partial charge < -0.3 is 4.74 Å². The molecule has 0 saturated carbocycles. The minimum Gasteiger partial charge on any atom is -0.458 e. The first kappa shape index (κ1) is 38.0. The van der Waals surface area contributed by atoms with Crippen LogP contribution in [0.3, 0.4) is 0 Å². The number of fused-ring (bicyclic) bond motifs is 4. The molecular weight excluding hydrogens is 723 g/mol. The highest BCUT2D eigenvalue weighted by molar-refractivity contribution is 6.09. The van der Waals surface area contributed by atoms with E-state index < -0.39 is 0 Å². The van der Waals surface area contributed by atoms with Crippen LogP contribution in [0.15, 0.2) is 146 Å². The van der Waals surface area contributed by atoms with Crippen molar-refractivity contribution in [3.05, 3.63) is 169 Å². The van der Waals surface area contributed by atoms with Crippen molar-refractivity contribution in [2.75, 3.05) is 0 Å². The zero-order chi connectivity index (χ0) is 41.3. The number of benzene rings is 5. The lowest BCUT2D eigenvalue weighted by Crippen LogP contribution is -2.33. The average Bonchev–Trinajstić information content (AvgIpc) is 3.76. The highest BCUT2D eigenvalue weighted by Gasteiger charge is 2.28. The number of hydrogen-bond donors (Lipinski definition) is 0. The van der Waals surface area contributed by atoms with Crippen LogP contribution in [-0.4, -0.2) is 19.1 Å². The number of pyridine rings is 2. The Morgan fingerprint density at radius 2 is 1.17 bits per heavy atom. The molecule has 0 spiro atoms. The van der Waals surface area contributed by atoms with E-state index in [1.54, 1.807) is 0 Å². The van der Waals surface area contributed by atoms with Crippen molar-refractivity contribution in [2.45, 2.75) is 78.6 Å². The van der Waals surface area contributed by atoms with Crippen molar-refractivity contribution < 1.29 is 9.30 Å². The second-order valence-electron chi connectivity index (χ2n) is 18.7. The molecule has 0 bridgehead atoms. The molecule has 0 atom stereocenters. The van der Waals surface area contributed by atoms with Crippen molar-refractivity contribution >= 4 is 32.8 Å². The zero-order valence-electron chi connectivity index (χ0n) is 35.5. The topological polar surface area (TPSA) is 48.8 Å². The number of nitrogens with zero attached hydrogens (tertiary/aromatic N) is 5. The van der Waals surface area contributed by atoms with E-state index in [4.69, 9.17) is 14.7 Å². The predicted molar refractivity (Wildman–Crippen MR) is 242 cm³/mol. The Morgan fingerprint density at radius 3 is 1.92 bits per heavy atom. The Bertz CT molecular complexity index is 3020. The van der Waals surface area contributed by atoms with E-state index in [9.17, 15) is 0 Å². The van der Waals surface area contributed by atoms with Crippen LogP contribution in [-0.2, 0) is 16.2 Å². The second-order valence-corrected chi connectivity index (χ2v) is 18.7. The highest BCUT2D eigenvalue weighted by Crippen LogP contribution is 2.41. The van der Waals surface area contributed by atoms with Gasteiger partial charge in [-0.05, 0) is 86.5 Å². The lowest BCUT2D eigenvalue weighted by molar-refractivity contribution is -0.571. The van der Waals surface area contributed by atoms with Gasteiger partial charge in [-0.25, -0.2) is 4.98 Å². The maximum Gasteiger partial charge on any atom is 0.271 e. The molecule has 0 fully saturated rings. The smallest absolute Gasteiger partial charge is 0.271 e. The molecule has 6 nitrogen and oxygen atoms in total. The maximum absolute atomic E-state index is 6.69. The molecule has 0 aliphatic heterocycles. The molecule has 4 aromatic heterocycles. The van der Waals surface area contributed by atoms with Crippen LogP contribution in [0.25, 0.3) is 61.3 Å². The summed E-state index contributed by atoms with van der Waals surface area (Å²) in [5.74, 6) is 2.99. The first-order chi connectivity index (χ1) is 28.1. The highest BCUT2D eigenvalue weighted by atomic mass is 16.5. The van der Waals surface area contributed by atoms with Crippen LogP contribution >= 0.6 is 0 Å². The quantitative estimate of drug-likeness (QED) is 0.125. The fraction of sp³-hybridized carbons (Fsp3) is 0.226. The fourth-order valence-corrected chi connectivity index (χ4v) is 8.13. The predicted octanol–water partition coefficient (Wildman–Crippen LogP) is 12.9. The molecule has 0 radical (unpaired) electrons. The largest absolute Gasteiger partial charge is 0.458 e. The molecule has 0 saturated heterocycles. The van der Waals surface area contributed by atoms with Gasteiger partial charge in [0, 0.05) is 35.3 Å². The van der Waals surface area contributed by atoms with Crippen molar-refractivity contribution in [3.63, 3.8) is 0 Å². The summed E-state index contributed by atoms with van der Waals surface area (Å²) in [6, 6.07) is 47.0. The third-order valence-electron chi connectivity index (χ3n) is 11.3. The van der Waals surface area contributed by atoms with E-state index in [1.165, 1.54) is 33.2 Å². The van der Waals surface area contributed by atoms with Gasteiger partial charge in [0.25, 0.3) is 6.33 Å². The summed E-state index contributed by atoms with van der Waals surface area (Å²) in [5, 5.41) is 2.31. The van der Waals surface area contributed by atoms with E-state index in [-0.39, 0.29) is 16.2 Å². The van der Waals surface area contributed by atoms with Crippen molar-refractivity contribution in [1.29, 1.82) is 0 Å². The third kappa shape index (κ3) is 6.97. The lowest BCUT2D eigenvalue weighted by atomic mass is 9.76. The molecule has 0 unspecified atom stereocenters. The molecule has 0 aliphatic rings. The molecule has 6 heteroatoms. The van der Waals surface area contributed by atoms with E-state index in [0.29, 0.717) is 11.6 Å². The Labute approximate surface area is 347 Å². The zero-order valence-corrected chi connectivity index (χ0v) is 35.5. The minimum atomic E-state index is -0.113. The van der Waals surface area contributed by atoms with Gasteiger partial charge in [0.2, 0.25) is 0 Å². The molecule has 0 amide bonds. The normalized spacial score (nSPS) is 12.5. The van der Waals surface area contributed by atoms with Gasteiger partial charge in [0.15, 0.2) is 5.82 Å². The molecular formula is C53H51N5O. The Balaban J connectivity index is 1.17. The van der Waals surface area contributed by atoms with E-state index in [1.807, 2.05) is 35.2 Å². The summed E-state index contributed by atoms with van der Waals surface area (Å²) in [7, 11) is 0. The van der Waals surface area contributed by atoms with Crippen LogP contribution in [0.1, 0.15) is 79.0 Å². The summed E-state index contributed by atoms with van der Waals surface area (Å²) in [6.45, 7) is 20.5. The standard InChI is InChI=1S/C53H51N5O/c1-51(2,3)36-25-27-55-49(31-36)58-43-20-14-13-19-40(43)41-24-23-38(32-46(41)58)59-39-26-28-54-48(33-39)57-34-56(44-21-15-16-22-45(44)57)47-30-37(52(4,5)6)29-42(53(7,8)9)50(47)35-17-11-10-12-18-35/h10-33H,1-9H3. The number of aromatic nitrogens is 5. The lowest BCUT2D eigenvalue weighted by Gasteiger charge is -2.30. The van der Waals surface area contributed by atoms with Gasteiger partial charge in [-0.15, -0.1) is 0 Å². The average molecular weight is 774 g/mol. The molecule has 294 valence electrons. The first-order valence-electron chi connectivity index (χ1n) is 20.5. The summed E-state index contributed by atoms with van der Waals surface area (Å²) < 4.78 is 13.2. The first-order valence-corrected chi connectivity index (χ1v) is 20.5. The maximum atomic E-state index is 6.69. The minimum absolute atomic E-state index is 0.0124. The molecule has 9 rings (SSSR count). The Kier molecular flexibility index (Phi) is 9.08. The molecule has 4 heterocycles. The van der Waals surface area contributed by atoms with Gasteiger partial charge in [-0.2, -0.15) is 0 Å². The van der Waals surface area contributed by atoms with Gasteiger partial charge in [-0.3, -0.25) is 18.7 Å². The summed E-state index contributed by atoms with van der Waals surface area (Å²) >= 11 is 0. The molecule has 59 heavy (non-hydrogen) atoms. The van der Waals surface area contributed by atoms with Crippen molar-refractivity contribution in [2.24, 2.45) is 0 Å². The molecule has 9 aromatic rings. The number of para-hydroxylation sites is 3. The third-order valence-corrected chi connectivity index (χ3v) is 11.3. The monoisotopic (exact) mass is 773 g/mol. The van der Waals surface area contributed by atoms with Crippen molar-refractivity contribution in [3.8, 4) is 39.9 Å². The van der Waals surface area contributed by atoms with Crippen LogP contribution in [0, 0.1) is 6.33 Å². The summed E-state index contributed by atoms with van der Waals surface area (Å²) in [4.78, 5) is 9.75. The summed E-state index contributed by atoms with van der Waals surface area (Å²) in [5.41, 5.74) is 11.2. The number of ether oxygens (including phenoxy) is 1. The number of rotatable bonds is 6. The van der Waals surface area contributed by atoms with Crippen LogP contribution in [0.5, 0.6) is 11.5 Å². The molecule has 0 aliphatic carbocycles. The number of imidazole rings is 1. The van der Waals surface area contributed by atoms with E-state index in [2.05, 4.69) is 193 Å². The van der Waals surface area contributed by atoms with Gasteiger partial charge in [0.05, 0.1) is 27.8 Å². The molecule has 5 aromatic carbocycles. The Hall–Kier alpha value is -6.53. The molecule has 0 N–H and O–H groups in total. The van der Waals surface area contributed by atoms with E-state index in [0.717, 1.165) is 44.7 Å². The van der Waals surface area contributed by atoms with E-state index >= 15 is 0 Å². The second kappa shape index (κ2) is 14.1. The SMILES string of the molecule is CC(C)(C)c1ccnc(-n2c3ccccc3c3ccc(Oc4ccnc(-n5[c-][n+](-c6cc(C(C)(C)C)cc(C(C)(C)C)c6-c6ccccc6)c6ccccc65)c4)cc32)c1. The van der Waals surface area contributed by atoms with Crippen LogP contribution in [0.2, 0.25) is 0 Å². The van der Waals surface area contributed by atoms with Gasteiger partial charge in [0.1, 0.15) is 17.3 Å². The van der Waals surface area contributed by atoms with Crippen LogP contribution < -0.4 is 9.30 Å². The van der Waals surface area contributed by atoms with Crippen molar-refractivity contribution in [1.82, 2.24) is 19.1 Å². The van der Waals surface area contributed by atoms with Gasteiger partial charge in [-0.1, -0.05) is 141 Å². The van der Waals surface area contributed by atoms with Crippen LogP contribution in [0.4, 0.5) is 0 Å². The van der Waals surface area contributed by atoms with Gasteiger partial charge >= 0.3 is 0 Å². The number of hydrogen-bond acceptors (Lipinski definition) is 3. The fourth-order valence-electron chi connectivity index (χ4n) is 8.13. The Morgan fingerprint density at radius 1 is 0.525 bits per heavy atom. The summed E-state index contributed by atoms with van der Waals surface area (Å²) in [6.07, 6.45) is 7.48.